The van der Waals surface area contributed by atoms with Gasteiger partial charge in [0.15, 0.2) is 0 Å². The summed E-state index contributed by atoms with van der Waals surface area (Å²) in [7, 11) is 3.74. The fourth-order valence-corrected chi connectivity index (χ4v) is 4.33. The van der Waals surface area contributed by atoms with Gasteiger partial charge >= 0.3 is 0 Å². The van der Waals surface area contributed by atoms with E-state index in [-0.39, 0.29) is 5.60 Å². The van der Waals surface area contributed by atoms with Gasteiger partial charge in [0.2, 0.25) is 0 Å². The summed E-state index contributed by atoms with van der Waals surface area (Å²) in [4.78, 5) is 0. The Hall–Kier alpha value is -0.0800. The van der Waals surface area contributed by atoms with Crippen LogP contribution in [-0.2, 0) is 9.47 Å². The second-order valence-electron chi connectivity index (χ2n) is 6.84. The normalized spacial score (nSPS) is 22.4. The van der Waals surface area contributed by atoms with E-state index in [1.807, 2.05) is 14.2 Å². The van der Waals surface area contributed by atoms with Crippen LogP contribution in [0.4, 0.5) is 0 Å². The zero-order valence-corrected chi connectivity index (χ0v) is 13.0. The summed E-state index contributed by atoms with van der Waals surface area (Å²) in [6, 6.07) is 0. The van der Waals surface area contributed by atoms with Crippen LogP contribution >= 0.6 is 0 Å². The van der Waals surface area contributed by atoms with Crippen LogP contribution in [0.15, 0.2) is 0 Å². The second kappa shape index (κ2) is 7.64. The third kappa shape index (κ3) is 4.46. The summed E-state index contributed by atoms with van der Waals surface area (Å²) in [6.07, 6.45) is 15.0. The molecule has 0 bridgehead atoms. The summed E-state index contributed by atoms with van der Waals surface area (Å²) >= 11 is 0. The molecule has 0 aromatic heterocycles. The van der Waals surface area contributed by atoms with Crippen molar-refractivity contribution in [2.24, 2.45) is 11.8 Å². The zero-order chi connectivity index (χ0) is 13.6. The van der Waals surface area contributed by atoms with Crippen molar-refractivity contribution in [2.75, 3.05) is 20.8 Å². The highest BCUT2D eigenvalue weighted by molar-refractivity contribution is 4.88. The number of methoxy groups -OCH3 is 2. The number of hydrogen-bond donors (Lipinski definition) is 0. The van der Waals surface area contributed by atoms with Crippen molar-refractivity contribution >= 4 is 0 Å². The van der Waals surface area contributed by atoms with E-state index in [0.29, 0.717) is 0 Å². The van der Waals surface area contributed by atoms with Gasteiger partial charge in [0.05, 0.1) is 5.60 Å². The molecule has 0 heterocycles. The fourth-order valence-electron chi connectivity index (χ4n) is 4.33. The maximum absolute atomic E-state index is 6.08. The van der Waals surface area contributed by atoms with Crippen LogP contribution in [0.5, 0.6) is 0 Å². The monoisotopic (exact) mass is 268 g/mol. The Kier molecular flexibility index (Phi) is 6.15. The summed E-state index contributed by atoms with van der Waals surface area (Å²) in [5.41, 5.74) is 0.0972. The zero-order valence-electron chi connectivity index (χ0n) is 13.0. The minimum absolute atomic E-state index is 0.0972. The molecule has 0 spiro atoms. The average Bonchev–Trinajstić information content (AvgIpc) is 3.09. The Balaban J connectivity index is 1.95. The number of ether oxygens (including phenoxy) is 2. The molecule has 2 rings (SSSR count). The fraction of sp³-hybridized carbons (Fsp3) is 1.00. The quantitative estimate of drug-likeness (QED) is 0.642. The molecule has 112 valence electrons. The SMILES string of the molecule is COCCC(CC1CCCC1)(CC1CCCC1)OC. The molecule has 2 nitrogen and oxygen atoms in total. The van der Waals surface area contributed by atoms with Crippen molar-refractivity contribution in [2.45, 2.75) is 76.2 Å². The maximum atomic E-state index is 6.08. The van der Waals surface area contributed by atoms with Gasteiger partial charge in [0.25, 0.3) is 0 Å². The lowest BCUT2D eigenvalue weighted by Gasteiger charge is -2.37. The standard InChI is InChI=1S/C17H32O2/c1-18-12-11-17(19-2,13-15-7-3-4-8-15)14-16-9-5-6-10-16/h15-16H,3-14H2,1-2H3. The van der Waals surface area contributed by atoms with Gasteiger partial charge < -0.3 is 9.47 Å². The molecule has 0 amide bonds. The van der Waals surface area contributed by atoms with Gasteiger partial charge in [-0.15, -0.1) is 0 Å². The molecule has 2 heteroatoms. The van der Waals surface area contributed by atoms with Crippen molar-refractivity contribution in [1.29, 1.82) is 0 Å². The van der Waals surface area contributed by atoms with Gasteiger partial charge in [-0.3, -0.25) is 0 Å². The van der Waals surface area contributed by atoms with Gasteiger partial charge in [-0.1, -0.05) is 51.4 Å². The first-order valence-corrected chi connectivity index (χ1v) is 8.32. The molecule has 0 aliphatic heterocycles. The van der Waals surface area contributed by atoms with Crippen molar-refractivity contribution in [3.8, 4) is 0 Å². The van der Waals surface area contributed by atoms with Crippen LogP contribution in [0.25, 0.3) is 0 Å². The lowest BCUT2D eigenvalue weighted by atomic mass is 9.79. The molecule has 2 fully saturated rings. The molecule has 2 aliphatic rings. The molecule has 0 atom stereocenters. The van der Waals surface area contributed by atoms with Crippen molar-refractivity contribution in [1.82, 2.24) is 0 Å². The molecular weight excluding hydrogens is 236 g/mol. The van der Waals surface area contributed by atoms with E-state index in [1.54, 1.807) is 0 Å². The van der Waals surface area contributed by atoms with Crippen molar-refractivity contribution < 1.29 is 9.47 Å². The Morgan fingerprint density at radius 2 is 1.32 bits per heavy atom. The largest absolute Gasteiger partial charge is 0.385 e. The van der Waals surface area contributed by atoms with Crippen LogP contribution < -0.4 is 0 Å². The Bertz CT molecular complexity index is 222. The number of rotatable bonds is 8. The summed E-state index contributed by atoms with van der Waals surface area (Å²) in [6.45, 7) is 0.841. The number of hydrogen-bond acceptors (Lipinski definition) is 2. The van der Waals surface area contributed by atoms with Crippen LogP contribution in [-0.4, -0.2) is 26.4 Å². The molecule has 0 unspecified atom stereocenters. The topological polar surface area (TPSA) is 18.5 Å². The van der Waals surface area contributed by atoms with E-state index in [1.165, 1.54) is 64.2 Å². The van der Waals surface area contributed by atoms with Gasteiger partial charge in [-0.25, -0.2) is 0 Å². The van der Waals surface area contributed by atoms with Gasteiger partial charge in [-0.05, 0) is 31.1 Å². The lowest BCUT2D eigenvalue weighted by Crippen LogP contribution is -2.37. The first-order valence-electron chi connectivity index (χ1n) is 8.32. The molecule has 19 heavy (non-hydrogen) atoms. The van der Waals surface area contributed by atoms with Crippen molar-refractivity contribution in [3.63, 3.8) is 0 Å². The van der Waals surface area contributed by atoms with Crippen LogP contribution in [0.2, 0.25) is 0 Å². The van der Waals surface area contributed by atoms with Crippen LogP contribution in [0, 0.1) is 11.8 Å². The average molecular weight is 268 g/mol. The Labute approximate surface area is 119 Å². The predicted octanol–water partition coefficient (Wildman–Crippen LogP) is 4.57. The molecular formula is C17H32O2. The van der Waals surface area contributed by atoms with E-state index in [0.717, 1.165) is 24.9 Å². The van der Waals surface area contributed by atoms with E-state index in [2.05, 4.69) is 0 Å². The van der Waals surface area contributed by atoms with Gasteiger partial charge in [0, 0.05) is 20.8 Å². The highest BCUT2D eigenvalue weighted by atomic mass is 16.5. The summed E-state index contributed by atoms with van der Waals surface area (Å²) in [5, 5.41) is 0. The molecule has 0 radical (unpaired) electrons. The predicted molar refractivity (Wildman–Crippen MR) is 79.4 cm³/mol. The molecule has 0 aromatic rings. The highest BCUT2D eigenvalue weighted by Crippen LogP contribution is 2.41. The first-order chi connectivity index (χ1) is 9.28. The third-order valence-electron chi connectivity index (χ3n) is 5.47. The van der Waals surface area contributed by atoms with Gasteiger partial charge in [-0.2, -0.15) is 0 Å². The van der Waals surface area contributed by atoms with E-state index in [4.69, 9.17) is 9.47 Å². The third-order valence-corrected chi connectivity index (χ3v) is 5.47. The smallest absolute Gasteiger partial charge is 0.0706 e. The molecule has 2 saturated carbocycles. The summed E-state index contributed by atoms with van der Waals surface area (Å²) in [5.74, 6) is 1.80. The van der Waals surface area contributed by atoms with E-state index < -0.39 is 0 Å². The van der Waals surface area contributed by atoms with Gasteiger partial charge in [0.1, 0.15) is 0 Å². The van der Waals surface area contributed by atoms with Crippen LogP contribution in [0.1, 0.15) is 70.6 Å². The molecule has 0 N–H and O–H groups in total. The Morgan fingerprint density at radius 3 is 1.68 bits per heavy atom. The van der Waals surface area contributed by atoms with E-state index >= 15 is 0 Å². The minimum Gasteiger partial charge on any atom is -0.385 e. The van der Waals surface area contributed by atoms with Crippen molar-refractivity contribution in [3.05, 3.63) is 0 Å². The van der Waals surface area contributed by atoms with E-state index in [9.17, 15) is 0 Å². The first kappa shape index (κ1) is 15.3. The highest BCUT2D eigenvalue weighted by Gasteiger charge is 2.36. The maximum Gasteiger partial charge on any atom is 0.0706 e. The molecule has 0 aromatic carbocycles. The van der Waals surface area contributed by atoms with Crippen LogP contribution in [0.3, 0.4) is 0 Å². The lowest BCUT2D eigenvalue weighted by molar-refractivity contribution is -0.0649. The summed E-state index contributed by atoms with van der Waals surface area (Å²) < 4.78 is 11.4. The molecule has 0 saturated heterocycles. The Morgan fingerprint density at radius 1 is 0.842 bits per heavy atom. The second-order valence-corrected chi connectivity index (χ2v) is 6.84. The minimum atomic E-state index is 0.0972. The molecule has 2 aliphatic carbocycles.